The number of benzene rings is 2. The van der Waals surface area contributed by atoms with E-state index in [0.29, 0.717) is 4.47 Å². The van der Waals surface area contributed by atoms with Crippen LogP contribution in [0.3, 0.4) is 0 Å². The van der Waals surface area contributed by atoms with E-state index in [-0.39, 0.29) is 12.2 Å². The summed E-state index contributed by atoms with van der Waals surface area (Å²) in [5.41, 5.74) is -0.287. The summed E-state index contributed by atoms with van der Waals surface area (Å²) in [6.07, 6.45) is 0. The van der Waals surface area contributed by atoms with Gasteiger partial charge in [0.2, 0.25) is 0 Å². The van der Waals surface area contributed by atoms with Crippen LogP contribution in [0.15, 0.2) is 53.0 Å². The number of hydrogen-bond donors (Lipinski definition) is 2. The summed E-state index contributed by atoms with van der Waals surface area (Å²) in [6, 6.07) is 13.3. The lowest BCUT2D eigenvalue weighted by molar-refractivity contribution is 0.0845. The molecule has 1 amide bonds. The van der Waals surface area contributed by atoms with Gasteiger partial charge in [0.1, 0.15) is 5.82 Å². The molecule has 3 nitrogen and oxygen atoms in total. The first-order valence-corrected chi connectivity index (χ1v) is 7.19. The summed E-state index contributed by atoms with van der Waals surface area (Å²) in [4.78, 5) is 12.2. The van der Waals surface area contributed by atoms with E-state index in [1.807, 2.05) is 18.2 Å². The highest BCUT2D eigenvalue weighted by molar-refractivity contribution is 9.10. The molecule has 21 heavy (non-hydrogen) atoms. The largest absolute Gasteiger partial charge is 0.394 e. The highest BCUT2D eigenvalue weighted by atomic mass is 79.9. The van der Waals surface area contributed by atoms with Crippen LogP contribution in [0.25, 0.3) is 0 Å². The van der Waals surface area contributed by atoms with Crippen molar-refractivity contribution >= 4 is 21.8 Å². The lowest BCUT2D eigenvalue weighted by Gasteiger charge is -2.29. The number of nitrogens with one attached hydrogen (secondary N) is 1. The van der Waals surface area contributed by atoms with E-state index in [2.05, 4.69) is 21.2 Å². The Morgan fingerprint density at radius 1 is 1.29 bits per heavy atom. The zero-order chi connectivity index (χ0) is 15.5. The lowest BCUT2D eigenvalue weighted by Crippen LogP contribution is -2.46. The van der Waals surface area contributed by atoms with Crippen molar-refractivity contribution in [2.45, 2.75) is 12.5 Å². The number of carbonyl (C=O) groups is 1. The van der Waals surface area contributed by atoms with Gasteiger partial charge in [-0.1, -0.05) is 46.3 Å². The van der Waals surface area contributed by atoms with Crippen LogP contribution < -0.4 is 5.32 Å². The van der Waals surface area contributed by atoms with Gasteiger partial charge in [0, 0.05) is 4.47 Å². The number of aliphatic hydroxyl groups is 1. The van der Waals surface area contributed by atoms with Crippen LogP contribution in [0.5, 0.6) is 0 Å². The van der Waals surface area contributed by atoms with Gasteiger partial charge >= 0.3 is 0 Å². The topological polar surface area (TPSA) is 49.3 Å². The van der Waals surface area contributed by atoms with E-state index in [1.54, 1.807) is 25.1 Å². The van der Waals surface area contributed by atoms with Crippen LogP contribution in [0.4, 0.5) is 4.39 Å². The fourth-order valence-corrected chi connectivity index (χ4v) is 2.33. The van der Waals surface area contributed by atoms with Crippen LogP contribution in [0.2, 0.25) is 0 Å². The maximum absolute atomic E-state index is 13.8. The van der Waals surface area contributed by atoms with Crippen molar-refractivity contribution in [2.75, 3.05) is 6.61 Å². The number of halogens is 2. The van der Waals surface area contributed by atoms with Gasteiger partial charge in [-0.25, -0.2) is 4.39 Å². The quantitative estimate of drug-likeness (QED) is 0.888. The van der Waals surface area contributed by atoms with E-state index >= 15 is 0 Å². The molecular formula is C16H15BrFNO2. The molecular weight excluding hydrogens is 337 g/mol. The average Bonchev–Trinajstić information content (AvgIpc) is 2.47. The summed E-state index contributed by atoms with van der Waals surface area (Å²) in [7, 11) is 0. The van der Waals surface area contributed by atoms with Crippen LogP contribution in [-0.2, 0) is 5.54 Å². The fraction of sp³-hybridized carbons (Fsp3) is 0.188. The van der Waals surface area contributed by atoms with Crippen molar-refractivity contribution in [1.82, 2.24) is 5.32 Å². The molecule has 0 spiro atoms. The standard InChI is InChI=1S/C16H15BrFNO2/c1-16(10-20,11-5-3-2-4-6-11)19-15(21)13-8-7-12(17)9-14(13)18/h2-9,20H,10H2,1H3,(H,19,21). The first-order chi connectivity index (χ1) is 9.96. The van der Waals surface area contributed by atoms with Gasteiger partial charge in [-0.15, -0.1) is 0 Å². The third-order valence-corrected chi connectivity index (χ3v) is 3.79. The Labute approximate surface area is 130 Å². The predicted molar refractivity (Wildman–Crippen MR) is 82.4 cm³/mol. The predicted octanol–water partition coefficient (Wildman–Crippen LogP) is 3.23. The molecule has 2 rings (SSSR count). The summed E-state index contributed by atoms with van der Waals surface area (Å²) >= 11 is 3.15. The molecule has 0 bridgehead atoms. The molecule has 2 aromatic carbocycles. The van der Waals surface area contributed by atoms with Gasteiger partial charge < -0.3 is 10.4 Å². The van der Waals surface area contributed by atoms with Gasteiger partial charge in [0.25, 0.3) is 5.91 Å². The van der Waals surface area contributed by atoms with Crippen molar-refractivity contribution in [1.29, 1.82) is 0 Å². The van der Waals surface area contributed by atoms with Crippen LogP contribution >= 0.6 is 15.9 Å². The molecule has 0 radical (unpaired) electrons. The SMILES string of the molecule is CC(CO)(NC(=O)c1ccc(Br)cc1F)c1ccccc1. The summed E-state index contributed by atoms with van der Waals surface area (Å²) in [6.45, 7) is 1.40. The van der Waals surface area contributed by atoms with Crippen LogP contribution in [0.1, 0.15) is 22.8 Å². The molecule has 0 aliphatic heterocycles. The highest BCUT2D eigenvalue weighted by Crippen LogP contribution is 2.22. The number of hydrogen-bond acceptors (Lipinski definition) is 2. The zero-order valence-electron chi connectivity index (χ0n) is 11.4. The second-order valence-electron chi connectivity index (χ2n) is 4.93. The number of carbonyl (C=O) groups excluding carboxylic acids is 1. The van der Waals surface area contributed by atoms with Crippen LogP contribution in [-0.4, -0.2) is 17.6 Å². The molecule has 0 saturated heterocycles. The van der Waals surface area contributed by atoms with E-state index in [9.17, 15) is 14.3 Å². The number of aliphatic hydroxyl groups excluding tert-OH is 1. The van der Waals surface area contributed by atoms with Crippen LogP contribution in [0, 0.1) is 5.82 Å². The lowest BCUT2D eigenvalue weighted by atomic mass is 9.92. The molecule has 0 aliphatic carbocycles. The third-order valence-electron chi connectivity index (χ3n) is 3.29. The molecule has 1 unspecified atom stereocenters. The van der Waals surface area contributed by atoms with Gasteiger partial charge in [0.05, 0.1) is 17.7 Å². The smallest absolute Gasteiger partial charge is 0.255 e. The van der Waals surface area contributed by atoms with E-state index in [4.69, 9.17) is 0 Å². The van der Waals surface area contributed by atoms with Crippen molar-refractivity contribution in [3.63, 3.8) is 0 Å². The number of amides is 1. The normalized spacial score (nSPS) is 13.5. The molecule has 5 heteroatoms. The maximum Gasteiger partial charge on any atom is 0.255 e. The minimum atomic E-state index is -0.974. The van der Waals surface area contributed by atoms with Gasteiger partial charge in [-0.3, -0.25) is 4.79 Å². The monoisotopic (exact) mass is 351 g/mol. The Morgan fingerprint density at radius 2 is 1.95 bits per heavy atom. The van der Waals surface area contributed by atoms with Crippen molar-refractivity contribution in [2.24, 2.45) is 0 Å². The van der Waals surface area contributed by atoms with E-state index < -0.39 is 17.3 Å². The Balaban J connectivity index is 2.28. The molecule has 110 valence electrons. The molecule has 0 saturated carbocycles. The molecule has 2 aromatic rings. The van der Waals surface area contributed by atoms with Gasteiger partial charge in [-0.2, -0.15) is 0 Å². The third kappa shape index (κ3) is 3.49. The first-order valence-electron chi connectivity index (χ1n) is 6.40. The van der Waals surface area contributed by atoms with Crippen molar-refractivity contribution in [3.05, 3.63) is 69.9 Å². The van der Waals surface area contributed by atoms with Gasteiger partial charge in [0.15, 0.2) is 0 Å². The molecule has 0 aromatic heterocycles. The zero-order valence-corrected chi connectivity index (χ0v) is 13.0. The fourth-order valence-electron chi connectivity index (χ4n) is 2.00. The van der Waals surface area contributed by atoms with E-state index in [0.717, 1.165) is 5.56 Å². The van der Waals surface area contributed by atoms with Crippen molar-refractivity contribution < 1.29 is 14.3 Å². The van der Waals surface area contributed by atoms with Gasteiger partial charge in [-0.05, 0) is 30.7 Å². The molecule has 2 N–H and O–H groups in total. The molecule has 0 fully saturated rings. The minimum Gasteiger partial charge on any atom is -0.394 e. The second-order valence-corrected chi connectivity index (χ2v) is 5.85. The Kier molecular flexibility index (Phi) is 4.75. The average molecular weight is 352 g/mol. The van der Waals surface area contributed by atoms with Crippen molar-refractivity contribution in [3.8, 4) is 0 Å². The Hall–Kier alpha value is -1.72. The van der Waals surface area contributed by atoms with E-state index in [1.165, 1.54) is 12.1 Å². The highest BCUT2D eigenvalue weighted by Gasteiger charge is 2.29. The second kappa shape index (κ2) is 6.37. The molecule has 1 atom stereocenters. The molecule has 0 heterocycles. The number of rotatable bonds is 4. The summed E-state index contributed by atoms with van der Waals surface area (Å²) < 4.78 is 14.4. The maximum atomic E-state index is 13.8. The summed E-state index contributed by atoms with van der Waals surface area (Å²) in [5.74, 6) is -1.18. The Morgan fingerprint density at radius 3 is 2.52 bits per heavy atom. The Bertz CT molecular complexity index is 648. The molecule has 0 aliphatic rings. The summed E-state index contributed by atoms with van der Waals surface area (Å²) in [5, 5.41) is 12.3. The minimum absolute atomic E-state index is 0.0613. The first kappa shape index (κ1) is 15.7.